The Bertz CT molecular complexity index is 1290. The summed E-state index contributed by atoms with van der Waals surface area (Å²) >= 11 is 0. The van der Waals surface area contributed by atoms with Gasteiger partial charge in [0.1, 0.15) is 11.7 Å². The summed E-state index contributed by atoms with van der Waals surface area (Å²) in [5, 5.41) is 7.61. The average molecular weight is 459 g/mol. The number of methoxy groups -OCH3 is 1. The Hall–Kier alpha value is -3.34. The maximum absolute atomic E-state index is 14.5. The van der Waals surface area contributed by atoms with Crippen LogP contribution in [0.2, 0.25) is 0 Å². The van der Waals surface area contributed by atoms with E-state index in [1.54, 1.807) is 16.8 Å². The van der Waals surface area contributed by atoms with Crippen LogP contribution in [0.25, 0.3) is 27.7 Å². The van der Waals surface area contributed by atoms with Crippen molar-refractivity contribution in [3.8, 4) is 17.0 Å². The molecule has 4 heterocycles. The number of hydrogen-bond acceptors (Lipinski definition) is 6. The van der Waals surface area contributed by atoms with E-state index in [9.17, 15) is 13.2 Å². The maximum Gasteiger partial charge on any atom is 0.256 e. The molecule has 174 valence electrons. The maximum atomic E-state index is 14.5. The van der Waals surface area contributed by atoms with Crippen molar-refractivity contribution in [1.82, 2.24) is 29.0 Å². The predicted molar refractivity (Wildman–Crippen MR) is 119 cm³/mol. The van der Waals surface area contributed by atoms with Gasteiger partial charge in [-0.2, -0.15) is 4.98 Å². The molecule has 3 aromatic heterocycles. The number of likely N-dealkylation sites (tertiary alicyclic amines) is 1. The highest BCUT2D eigenvalue weighted by Gasteiger charge is 2.28. The van der Waals surface area contributed by atoms with E-state index in [-0.39, 0.29) is 12.0 Å². The second-order valence-electron chi connectivity index (χ2n) is 8.28. The number of ether oxygens (including phenoxy) is 1. The molecular weight excluding hydrogens is 435 g/mol. The van der Waals surface area contributed by atoms with Gasteiger partial charge in [0.2, 0.25) is 11.8 Å². The summed E-state index contributed by atoms with van der Waals surface area (Å²) in [6, 6.07) is 6.96. The second-order valence-corrected chi connectivity index (χ2v) is 8.28. The van der Waals surface area contributed by atoms with E-state index in [0.717, 1.165) is 17.7 Å². The number of nitrogens with one attached hydrogen (secondary N) is 1. The summed E-state index contributed by atoms with van der Waals surface area (Å²) in [5.41, 5.74) is 3.45. The molecule has 0 spiro atoms. The highest BCUT2D eigenvalue weighted by Crippen LogP contribution is 2.33. The normalized spacial score (nSPS) is 19.6. The van der Waals surface area contributed by atoms with E-state index >= 15 is 0 Å². The fraction of sp³-hybridized carbons (Fsp3) is 0.409. The van der Waals surface area contributed by atoms with Crippen molar-refractivity contribution in [2.45, 2.75) is 31.6 Å². The summed E-state index contributed by atoms with van der Waals surface area (Å²) in [5.74, 6) is 0.612. The Morgan fingerprint density at radius 1 is 1.27 bits per heavy atom. The van der Waals surface area contributed by atoms with Crippen LogP contribution in [0.3, 0.4) is 0 Å². The lowest BCUT2D eigenvalue weighted by Gasteiger charge is -2.32. The smallest absolute Gasteiger partial charge is 0.256 e. The third-order valence-electron chi connectivity index (χ3n) is 6.00. The molecule has 0 aliphatic carbocycles. The highest BCUT2D eigenvalue weighted by atomic mass is 19.3. The highest BCUT2D eigenvalue weighted by molar-refractivity contribution is 5.89. The van der Waals surface area contributed by atoms with Gasteiger partial charge in [-0.15, -0.1) is 5.10 Å². The van der Waals surface area contributed by atoms with E-state index in [1.165, 1.54) is 18.0 Å². The van der Waals surface area contributed by atoms with Crippen LogP contribution >= 0.6 is 0 Å². The molecule has 11 heteroatoms. The molecule has 5 rings (SSSR count). The Balaban J connectivity index is 1.51. The van der Waals surface area contributed by atoms with E-state index in [1.807, 2.05) is 30.1 Å². The zero-order valence-corrected chi connectivity index (χ0v) is 18.3. The monoisotopic (exact) mass is 459 g/mol. The molecule has 1 aromatic carbocycles. The molecule has 0 amide bonds. The van der Waals surface area contributed by atoms with Gasteiger partial charge in [-0.05, 0) is 37.2 Å². The quantitative estimate of drug-likeness (QED) is 0.476. The van der Waals surface area contributed by atoms with Crippen LogP contribution in [0, 0.1) is 0 Å². The van der Waals surface area contributed by atoms with Crippen molar-refractivity contribution in [3.05, 3.63) is 36.8 Å². The minimum absolute atomic E-state index is 0.282. The first-order chi connectivity index (χ1) is 15.9. The van der Waals surface area contributed by atoms with Crippen molar-refractivity contribution in [2.24, 2.45) is 0 Å². The molecule has 1 aliphatic rings. The predicted octanol–water partition coefficient (Wildman–Crippen LogP) is 3.47. The minimum atomic E-state index is -2.48. The van der Waals surface area contributed by atoms with Gasteiger partial charge >= 0.3 is 0 Å². The summed E-state index contributed by atoms with van der Waals surface area (Å²) < 4.78 is 49.0. The van der Waals surface area contributed by atoms with Crippen LogP contribution in [-0.2, 0) is 6.54 Å². The van der Waals surface area contributed by atoms with Crippen molar-refractivity contribution in [2.75, 3.05) is 32.6 Å². The summed E-state index contributed by atoms with van der Waals surface area (Å²) in [6.45, 7) is 0.718. The van der Waals surface area contributed by atoms with Gasteiger partial charge in [0, 0.05) is 24.8 Å². The first-order valence-electron chi connectivity index (χ1n) is 10.7. The largest absolute Gasteiger partial charge is 0.479 e. The third kappa shape index (κ3) is 4.08. The zero-order chi connectivity index (χ0) is 23.1. The zero-order valence-electron chi connectivity index (χ0n) is 18.3. The number of nitrogens with zero attached hydrogens (tertiary/aromatic N) is 6. The number of rotatable bonds is 6. The standard InChI is InChI=1S/C22H24F3N7O/c1-30-7-6-16(15(23)10-30)27-22-28-21(33-2)20-14(5-8-32(20)29-22)13-3-4-17-18(9-13)31(12-26-17)11-19(24)25/h3-5,8-9,12,15-16,19H,6-7,10-11H2,1-2H3,(H,27,29)/t15-,16+/m0/s1. The number of aromatic nitrogens is 5. The van der Waals surface area contributed by atoms with E-state index in [4.69, 9.17) is 4.74 Å². The van der Waals surface area contributed by atoms with Crippen LogP contribution in [0.5, 0.6) is 5.88 Å². The molecule has 0 saturated carbocycles. The molecule has 0 radical (unpaired) electrons. The molecule has 2 atom stereocenters. The second kappa shape index (κ2) is 8.54. The number of piperidine rings is 1. The van der Waals surface area contributed by atoms with Gasteiger partial charge in [0.15, 0.2) is 0 Å². The SMILES string of the molecule is COc1nc(N[C@@H]2CCN(C)C[C@@H]2F)nn2ccc(-c3ccc4ncn(CC(F)F)c4c3)c12. The number of benzene rings is 1. The molecule has 4 aromatic rings. The van der Waals surface area contributed by atoms with Crippen LogP contribution < -0.4 is 10.1 Å². The number of halogens is 3. The van der Waals surface area contributed by atoms with E-state index in [2.05, 4.69) is 20.4 Å². The average Bonchev–Trinajstić information content (AvgIpc) is 3.39. The lowest BCUT2D eigenvalue weighted by molar-refractivity contribution is 0.128. The lowest BCUT2D eigenvalue weighted by Crippen LogP contribution is -2.46. The van der Waals surface area contributed by atoms with Crippen LogP contribution in [0.4, 0.5) is 19.1 Å². The first-order valence-corrected chi connectivity index (χ1v) is 10.7. The van der Waals surface area contributed by atoms with Gasteiger partial charge in [-0.25, -0.2) is 22.7 Å². The van der Waals surface area contributed by atoms with Crippen LogP contribution in [0.1, 0.15) is 6.42 Å². The number of hydrogen-bond donors (Lipinski definition) is 1. The van der Waals surface area contributed by atoms with Crippen LogP contribution in [0.15, 0.2) is 36.8 Å². The molecular formula is C22H24F3N7O. The summed E-state index contributed by atoms with van der Waals surface area (Å²) in [7, 11) is 3.41. The fourth-order valence-electron chi connectivity index (χ4n) is 4.33. The minimum Gasteiger partial charge on any atom is -0.479 e. The summed E-state index contributed by atoms with van der Waals surface area (Å²) in [4.78, 5) is 10.6. The Morgan fingerprint density at radius 3 is 2.88 bits per heavy atom. The lowest BCUT2D eigenvalue weighted by atomic mass is 10.0. The molecule has 1 fully saturated rings. The van der Waals surface area contributed by atoms with Gasteiger partial charge in [-0.3, -0.25) is 0 Å². The van der Waals surface area contributed by atoms with Gasteiger partial charge in [0.25, 0.3) is 6.43 Å². The summed E-state index contributed by atoms with van der Waals surface area (Å²) in [6.07, 6.45) is 0.321. The Morgan fingerprint density at radius 2 is 2.12 bits per heavy atom. The van der Waals surface area contributed by atoms with E-state index < -0.39 is 19.1 Å². The van der Waals surface area contributed by atoms with Crippen molar-refractivity contribution in [3.63, 3.8) is 0 Å². The Kier molecular flexibility index (Phi) is 5.57. The topological polar surface area (TPSA) is 72.5 Å². The first kappa shape index (κ1) is 21.5. The molecule has 33 heavy (non-hydrogen) atoms. The number of imidazole rings is 1. The van der Waals surface area contributed by atoms with Crippen molar-refractivity contribution >= 4 is 22.5 Å². The van der Waals surface area contributed by atoms with Gasteiger partial charge in [-0.1, -0.05) is 6.07 Å². The molecule has 1 aliphatic heterocycles. The molecule has 1 saturated heterocycles. The molecule has 8 nitrogen and oxygen atoms in total. The van der Waals surface area contributed by atoms with Crippen molar-refractivity contribution in [1.29, 1.82) is 0 Å². The molecule has 0 bridgehead atoms. The van der Waals surface area contributed by atoms with Gasteiger partial charge < -0.3 is 19.5 Å². The van der Waals surface area contributed by atoms with Crippen LogP contribution in [-0.4, -0.2) is 74.9 Å². The number of fused-ring (bicyclic) bond motifs is 2. The fourth-order valence-corrected chi connectivity index (χ4v) is 4.33. The van der Waals surface area contributed by atoms with Crippen molar-refractivity contribution < 1.29 is 17.9 Å². The van der Waals surface area contributed by atoms with E-state index in [0.29, 0.717) is 35.4 Å². The van der Waals surface area contributed by atoms with Gasteiger partial charge in [0.05, 0.1) is 37.1 Å². The number of alkyl halides is 3. The third-order valence-corrected chi connectivity index (χ3v) is 6.00. The Labute approximate surface area is 188 Å². The molecule has 1 N–H and O–H groups in total. The molecule has 0 unspecified atom stereocenters. The number of anilines is 1.